The van der Waals surface area contributed by atoms with Gasteiger partial charge in [0.2, 0.25) is 0 Å². The minimum absolute atomic E-state index is 0.478. The Hall–Kier alpha value is -1.61. The number of hydrogen-bond donors (Lipinski definition) is 1. The van der Waals surface area contributed by atoms with Gasteiger partial charge in [0.1, 0.15) is 0 Å². The average molecular weight is 496 g/mol. The summed E-state index contributed by atoms with van der Waals surface area (Å²) in [5, 5.41) is 16.6. The fraction of sp³-hybridized carbons (Fsp3) is 0.562. The maximum Gasteiger partial charge on any atom is 0.0917 e. The Kier molecular flexibility index (Phi) is 12.4. The first-order chi connectivity index (χ1) is 17.1. The molecule has 1 N–H and O–H groups in total. The molecule has 0 saturated heterocycles. The summed E-state index contributed by atoms with van der Waals surface area (Å²) in [5.41, 5.74) is 1.00. The monoisotopic (exact) mass is 495 g/mol. The second-order valence-corrected chi connectivity index (χ2v) is 10.6. The Balaban J connectivity index is 1.65. The molecule has 192 valence electrons. The average Bonchev–Trinajstić information content (AvgIpc) is 2.88. The standard InChI is InChI=1S/C32H46ClNO/c1-3-5-7-9-11-15-21-34(22-16-12-10-8-6-4-2)25-32(35)27-20-19-26-24-31(33)29-18-14-13-17-28(29)30(26)23-27/h13-14,17-20,23-24,32,35H,3-12,15-16,21-22,25H2,1-2H3. The molecule has 0 saturated carbocycles. The molecule has 1 unspecified atom stereocenters. The highest BCUT2D eigenvalue weighted by molar-refractivity contribution is 6.37. The Labute approximate surface area is 218 Å². The first-order valence-electron chi connectivity index (χ1n) is 14.1. The summed E-state index contributed by atoms with van der Waals surface area (Å²) in [7, 11) is 0. The van der Waals surface area contributed by atoms with Gasteiger partial charge in [-0.05, 0) is 59.8 Å². The van der Waals surface area contributed by atoms with Gasteiger partial charge >= 0.3 is 0 Å². The molecule has 3 aromatic carbocycles. The van der Waals surface area contributed by atoms with E-state index in [9.17, 15) is 5.11 Å². The highest BCUT2D eigenvalue weighted by Crippen LogP contribution is 2.33. The molecule has 1 atom stereocenters. The van der Waals surface area contributed by atoms with Crippen LogP contribution < -0.4 is 0 Å². The van der Waals surface area contributed by atoms with Crippen molar-refractivity contribution in [1.82, 2.24) is 4.90 Å². The van der Waals surface area contributed by atoms with Crippen molar-refractivity contribution in [2.45, 2.75) is 97.0 Å². The molecule has 0 heterocycles. The first kappa shape index (κ1) is 28.0. The third-order valence-electron chi connectivity index (χ3n) is 7.31. The Morgan fingerprint density at radius 1 is 0.686 bits per heavy atom. The van der Waals surface area contributed by atoms with E-state index in [2.05, 4.69) is 55.1 Å². The van der Waals surface area contributed by atoms with Crippen molar-refractivity contribution in [3.63, 3.8) is 0 Å². The highest BCUT2D eigenvalue weighted by atomic mass is 35.5. The molecule has 0 aliphatic heterocycles. The maximum absolute atomic E-state index is 11.3. The lowest BCUT2D eigenvalue weighted by Gasteiger charge is -2.25. The fourth-order valence-electron chi connectivity index (χ4n) is 5.16. The SMILES string of the molecule is CCCCCCCCN(CCCCCCCC)CC(O)c1ccc2cc(Cl)c3ccccc3c2c1. The number of aliphatic hydroxyl groups is 1. The van der Waals surface area contributed by atoms with Gasteiger partial charge in [-0.25, -0.2) is 0 Å². The predicted octanol–water partition coefficient (Wildman–Crippen LogP) is 9.70. The van der Waals surface area contributed by atoms with Gasteiger partial charge in [0.25, 0.3) is 0 Å². The van der Waals surface area contributed by atoms with Gasteiger partial charge in [0.05, 0.1) is 6.10 Å². The van der Waals surface area contributed by atoms with Gasteiger partial charge in [-0.2, -0.15) is 0 Å². The topological polar surface area (TPSA) is 23.5 Å². The summed E-state index contributed by atoms with van der Waals surface area (Å²) in [6, 6.07) is 16.7. The van der Waals surface area contributed by atoms with E-state index in [1.807, 2.05) is 12.1 Å². The third-order valence-corrected chi connectivity index (χ3v) is 7.62. The molecular formula is C32H46ClNO. The van der Waals surface area contributed by atoms with Crippen LogP contribution in [0.15, 0.2) is 48.5 Å². The number of aliphatic hydroxyl groups excluding tert-OH is 1. The number of benzene rings is 3. The highest BCUT2D eigenvalue weighted by Gasteiger charge is 2.15. The molecule has 3 rings (SSSR count). The zero-order valence-corrected chi connectivity index (χ0v) is 22.8. The Bertz CT molecular complexity index is 1000. The number of nitrogens with zero attached hydrogens (tertiary/aromatic N) is 1. The van der Waals surface area contributed by atoms with Gasteiger partial charge in [-0.15, -0.1) is 0 Å². The zero-order chi connectivity index (χ0) is 24.9. The maximum atomic E-state index is 11.3. The third kappa shape index (κ3) is 8.77. The van der Waals surface area contributed by atoms with Crippen LogP contribution in [-0.2, 0) is 0 Å². The number of rotatable bonds is 17. The van der Waals surface area contributed by atoms with Crippen molar-refractivity contribution in [2.24, 2.45) is 0 Å². The lowest BCUT2D eigenvalue weighted by Crippen LogP contribution is -2.31. The van der Waals surface area contributed by atoms with Crippen LogP contribution in [0.5, 0.6) is 0 Å². The van der Waals surface area contributed by atoms with Crippen LogP contribution in [0.3, 0.4) is 0 Å². The second kappa shape index (κ2) is 15.5. The predicted molar refractivity (Wildman–Crippen MR) is 155 cm³/mol. The fourth-order valence-corrected chi connectivity index (χ4v) is 5.44. The van der Waals surface area contributed by atoms with E-state index in [0.29, 0.717) is 6.54 Å². The zero-order valence-electron chi connectivity index (χ0n) is 22.1. The molecule has 0 radical (unpaired) electrons. The van der Waals surface area contributed by atoms with Crippen molar-refractivity contribution < 1.29 is 5.11 Å². The van der Waals surface area contributed by atoms with Crippen molar-refractivity contribution >= 4 is 33.1 Å². The Morgan fingerprint density at radius 3 is 1.89 bits per heavy atom. The molecule has 0 aliphatic carbocycles. The number of hydrogen-bond acceptors (Lipinski definition) is 2. The van der Waals surface area contributed by atoms with Crippen molar-refractivity contribution in [2.75, 3.05) is 19.6 Å². The molecule has 0 spiro atoms. The van der Waals surface area contributed by atoms with Crippen molar-refractivity contribution in [1.29, 1.82) is 0 Å². The summed E-state index contributed by atoms with van der Waals surface area (Å²) in [6.07, 6.45) is 15.2. The number of unbranched alkanes of at least 4 members (excludes halogenated alkanes) is 10. The first-order valence-corrected chi connectivity index (χ1v) is 14.5. The van der Waals surface area contributed by atoms with E-state index >= 15 is 0 Å². The lowest BCUT2D eigenvalue weighted by molar-refractivity contribution is 0.110. The van der Waals surface area contributed by atoms with Crippen LogP contribution in [0.1, 0.15) is 103 Å². The minimum Gasteiger partial charge on any atom is -0.387 e. The number of fused-ring (bicyclic) bond motifs is 3. The van der Waals surface area contributed by atoms with Crippen molar-refractivity contribution in [3.05, 3.63) is 59.1 Å². The van der Waals surface area contributed by atoms with Gasteiger partial charge in [-0.3, -0.25) is 0 Å². The minimum atomic E-state index is -0.478. The van der Waals surface area contributed by atoms with E-state index < -0.39 is 6.10 Å². The van der Waals surface area contributed by atoms with Gasteiger partial charge in [0.15, 0.2) is 0 Å². The van der Waals surface area contributed by atoms with Crippen LogP contribution in [0.4, 0.5) is 0 Å². The summed E-state index contributed by atoms with van der Waals surface area (Å²) in [6.45, 7) is 7.43. The van der Waals surface area contributed by atoms with E-state index in [0.717, 1.165) is 39.8 Å². The van der Waals surface area contributed by atoms with Crippen LogP contribution in [0.2, 0.25) is 5.02 Å². The summed E-state index contributed by atoms with van der Waals surface area (Å²) in [4.78, 5) is 2.51. The largest absolute Gasteiger partial charge is 0.387 e. The smallest absolute Gasteiger partial charge is 0.0917 e. The second-order valence-electron chi connectivity index (χ2n) is 10.2. The van der Waals surface area contributed by atoms with Crippen LogP contribution in [0, 0.1) is 0 Å². The summed E-state index contributed by atoms with van der Waals surface area (Å²) < 4.78 is 0. The Morgan fingerprint density at radius 2 is 1.26 bits per heavy atom. The molecular weight excluding hydrogens is 450 g/mol. The molecule has 35 heavy (non-hydrogen) atoms. The van der Waals surface area contributed by atoms with E-state index in [-0.39, 0.29) is 0 Å². The van der Waals surface area contributed by atoms with Crippen LogP contribution >= 0.6 is 11.6 Å². The lowest BCUT2D eigenvalue weighted by atomic mass is 9.98. The van der Waals surface area contributed by atoms with E-state index in [1.54, 1.807) is 0 Å². The van der Waals surface area contributed by atoms with E-state index in [1.165, 1.54) is 82.4 Å². The summed E-state index contributed by atoms with van der Waals surface area (Å²) in [5.74, 6) is 0. The number of halogens is 1. The molecule has 0 fully saturated rings. The van der Waals surface area contributed by atoms with Gasteiger partial charge in [-0.1, -0.05) is 126 Å². The van der Waals surface area contributed by atoms with Gasteiger partial charge < -0.3 is 10.0 Å². The molecule has 0 aromatic heterocycles. The van der Waals surface area contributed by atoms with E-state index in [4.69, 9.17) is 11.6 Å². The molecule has 3 heteroatoms. The quantitative estimate of drug-likeness (QED) is 0.149. The molecule has 0 aliphatic rings. The normalized spacial score (nSPS) is 12.7. The molecule has 0 bridgehead atoms. The molecule has 3 aromatic rings. The van der Waals surface area contributed by atoms with Crippen molar-refractivity contribution in [3.8, 4) is 0 Å². The molecule has 0 amide bonds. The molecule has 2 nitrogen and oxygen atoms in total. The van der Waals surface area contributed by atoms with Crippen LogP contribution in [0.25, 0.3) is 21.5 Å². The van der Waals surface area contributed by atoms with Gasteiger partial charge in [0, 0.05) is 17.0 Å². The summed E-state index contributed by atoms with van der Waals surface area (Å²) >= 11 is 6.53. The van der Waals surface area contributed by atoms with Crippen LogP contribution in [-0.4, -0.2) is 29.6 Å².